The smallest absolute Gasteiger partial charge is 0.384 e. The average Bonchev–Trinajstić information content (AvgIpc) is 1.99. The minimum Gasteiger partial charge on any atom is -0.456 e. The van der Waals surface area contributed by atoms with E-state index in [1.165, 1.54) is 0 Å². The highest BCUT2D eigenvalue weighted by atomic mass is 16.5. The molecule has 0 atom stereocenters. The first-order chi connectivity index (χ1) is 5.31. The molecule has 0 rings (SSSR count). The lowest BCUT2D eigenvalue weighted by atomic mass is 10.3. The topological polar surface area (TPSA) is 50.1 Å². The highest BCUT2D eigenvalue weighted by molar-refractivity contribution is 5.88. The second-order valence-electron chi connectivity index (χ2n) is 1.77. The maximum Gasteiger partial charge on any atom is 0.384 e. The molecule has 0 fully saturated rings. The highest BCUT2D eigenvalue weighted by Gasteiger charge is 1.94. The minimum absolute atomic E-state index is 0.279. The molecular formula is C8H9NO2. The standard InChI is InChI=1S/C8H9NO2/c1-2-5-8(10)11-7-4-3-6-9/h3-4,7H2,1H3. The lowest BCUT2D eigenvalue weighted by Gasteiger charge is -1.95. The Morgan fingerprint density at radius 2 is 2.36 bits per heavy atom. The summed E-state index contributed by atoms with van der Waals surface area (Å²) < 4.78 is 4.62. The minimum atomic E-state index is -0.523. The summed E-state index contributed by atoms with van der Waals surface area (Å²) in [7, 11) is 0. The number of hydrogen-bond donors (Lipinski definition) is 0. The normalized spacial score (nSPS) is 7.27. The van der Waals surface area contributed by atoms with E-state index in [1.807, 2.05) is 6.07 Å². The number of rotatable bonds is 3. The number of nitriles is 1. The first-order valence-corrected chi connectivity index (χ1v) is 3.27. The van der Waals surface area contributed by atoms with Crippen LogP contribution >= 0.6 is 0 Å². The second kappa shape index (κ2) is 6.64. The van der Waals surface area contributed by atoms with Crippen LogP contribution in [0, 0.1) is 23.2 Å². The summed E-state index contributed by atoms with van der Waals surface area (Å²) in [5, 5.41) is 8.12. The van der Waals surface area contributed by atoms with Crippen LogP contribution in [-0.2, 0) is 9.53 Å². The van der Waals surface area contributed by atoms with E-state index in [4.69, 9.17) is 5.26 Å². The zero-order valence-corrected chi connectivity index (χ0v) is 6.39. The Morgan fingerprint density at radius 1 is 1.64 bits per heavy atom. The van der Waals surface area contributed by atoms with E-state index in [2.05, 4.69) is 16.6 Å². The third-order valence-corrected chi connectivity index (χ3v) is 0.893. The summed E-state index contributed by atoms with van der Waals surface area (Å²) in [6.45, 7) is 1.84. The third kappa shape index (κ3) is 6.40. The van der Waals surface area contributed by atoms with Crippen molar-refractivity contribution in [1.82, 2.24) is 0 Å². The molecule has 0 aromatic carbocycles. The van der Waals surface area contributed by atoms with Crippen LogP contribution in [-0.4, -0.2) is 12.6 Å². The number of carbonyl (C=O) groups excluding carboxylic acids is 1. The molecule has 0 aliphatic carbocycles. The molecule has 0 amide bonds. The first kappa shape index (κ1) is 9.52. The summed E-state index contributed by atoms with van der Waals surface area (Å²) >= 11 is 0. The fourth-order valence-corrected chi connectivity index (χ4v) is 0.454. The van der Waals surface area contributed by atoms with Crippen molar-refractivity contribution in [2.75, 3.05) is 6.61 Å². The van der Waals surface area contributed by atoms with Crippen molar-refractivity contribution in [2.24, 2.45) is 0 Å². The number of hydrogen-bond acceptors (Lipinski definition) is 3. The molecule has 0 N–H and O–H groups in total. The van der Waals surface area contributed by atoms with Gasteiger partial charge in [-0.25, -0.2) is 4.79 Å². The molecule has 0 aromatic rings. The van der Waals surface area contributed by atoms with Crippen molar-refractivity contribution in [2.45, 2.75) is 19.8 Å². The van der Waals surface area contributed by atoms with Gasteiger partial charge in [0.2, 0.25) is 0 Å². The molecule has 0 radical (unpaired) electrons. The van der Waals surface area contributed by atoms with Crippen molar-refractivity contribution in [3.8, 4) is 17.9 Å². The second-order valence-corrected chi connectivity index (χ2v) is 1.77. The predicted octanol–water partition coefficient (Wildman–Crippen LogP) is 0.857. The number of esters is 1. The molecule has 0 bridgehead atoms. The van der Waals surface area contributed by atoms with Gasteiger partial charge in [-0.2, -0.15) is 5.26 Å². The monoisotopic (exact) mass is 151 g/mol. The van der Waals surface area contributed by atoms with Crippen LogP contribution in [0.25, 0.3) is 0 Å². The summed E-state index contributed by atoms with van der Waals surface area (Å²) in [5.74, 6) is 4.12. The molecule has 0 aromatic heterocycles. The molecule has 0 spiro atoms. The zero-order valence-electron chi connectivity index (χ0n) is 6.39. The first-order valence-electron chi connectivity index (χ1n) is 3.27. The molecule has 0 unspecified atom stereocenters. The van der Waals surface area contributed by atoms with E-state index in [0.29, 0.717) is 12.8 Å². The van der Waals surface area contributed by atoms with Gasteiger partial charge >= 0.3 is 5.97 Å². The molecule has 0 aliphatic heterocycles. The van der Waals surface area contributed by atoms with E-state index >= 15 is 0 Å². The Hall–Kier alpha value is -1.48. The number of nitrogens with zero attached hydrogens (tertiary/aromatic N) is 1. The molecule has 0 heterocycles. The lowest BCUT2D eigenvalue weighted by molar-refractivity contribution is -0.136. The number of carbonyl (C=O) groups is 1. The number of ether oxygens (including phenoxy) is 1. The molecular weight excluding hydrogens is 142 g/mol. The fourth-order valence-electron chi connectivity index (χ4n) is 0.454. The van der Waals surface area contributed by atoms with Crippen LogP contribution in [0.3, 0.4) is 0 Å². The third-order valence-electron chi connectivity index (χ3n) is 0.893. The van der Waals surface area contributed by atoms with Gasteiger partial charge in [-0.1, -0.05) is 5.92 Å². The van der Waals surface area contributed by atoms with Gasteiger partial charge in [0.1, 0.15) is 0 Å². The Balaban J connectivity index is 3.31. The molecule has 58 valence electrons. The SMILES string of the molecule is CC#CC(=O)OCCCC#N. The molecule has 0 saturated carbocycles. The number of unbranched alkanes of at least 4 members (excludes halogenated alkanes) is 1. The van der Waals surface area contributed by atoms with Crippen LogP contribution < -0.4 is 0 Å². The van der Waals surface area contributed by atoms with Crippen LogP contribution in [0.2, 0.25) is 0 Å². The Kier molecular flexibility index (Phi) is 5.74. The summed E-state index contributed by atoms with van der Waals surface area (Å²) in [5.41, 5.74) is 0. The van der Waals surface area contributed by atoms with E-state index in [-0.39, 0.29) is 6.61 Å². The van der Waals surface area contributed by atoms with E-state index in [1.54, 1.807) is 6.92 Å². The van der Waals surface area contributed by atoms with E-state index in [9.17, 15) is 4.79 Å². The van der Waals surface area contributed by atoms with E-state index < -0.39 is 5.97 Å². The van der Waals surface area contributed by atoms with Gasteiger partial charge in [0.15, 0.2) is 0 Å². The average molecular weight is 151 g/mol. The van der Waals surface area contributed by atoms with Gasteiger partial charge in [0.05, 0.1) is 12.7 Å². The van der Waals surface area contributed by atoms with Crippen molar-refractivity contribution in [3.05, 3.63) is 0 Å². The van der Waals surface area contributed by atoms with Crippen molar-refractivity contribution in [3.63, 3.8) is 0 Å². The quantitative estimate of drug-likeness (QED) is 0.260. The van der Waals surface area contributed by atoms with Gasteiger partial charge in [0, 0.05) is 12.3 Å². The summed E-state index contributed by atoms with van der Waals surface area (Å²) in [4.78, 5) is 10.5. The van der Waals surface area contributed by atoms with Crippen molar-refractivity contribution < 1.29 is 9.53 Å². The van der Waals surface area contributed by atoms with E-state index in [0.717, 1.165) is 0 Å². The maximum absolute atomic E-state index is 10.5. The summed E-state index contributed by atoms with van der Waals surface area (Å²) in [6, 6.07) is 1.95. The van der Waals surface area contributed by atoms with Crippen molar-refractivity contribution >= 4 is 5.97 Å². The van der Waals surface area contributed by atoms with Crippen LogP contribution in [0.1, 0.15) is 19.8 Å². The van der Waals surface area contributed by atoms with Gasteiger partial charge in [-0.3, -0.25) is 0 Å². The van der Waals surface area contributed by atoms with Gasteiger partial charge in [0.25, 0.3) is 0 Å². The van der Waals surface area contributed by atoms with Crippen LogP contribution in [0.4, 0.5) is 0 Å². The molecule has 3 nitrogen and oxygen atoms in total. The van der Waals surface area contributed by atoms with Crippen LogP contribution in [0.5, 0.6) is 0 Å². The zero-order chi connectivity index (χ0) is 8.53. The maximum atomic E-state index is 10.5. The Labute approximate surface area is 66.0 Å². The van der Waals surface area contributed by atoms with Crippen molar-refractivity contribution in [1.29, 1.82) is 5.26 Å². The predicted molar refractivity (Wildman–Crippen MR) is 39.3 cm³/mol. The molecule has 11 heavy (non-hydrogen) atoms. The lowest BCUT2D eigenvalue weighted by Crippen LogP contribution is -2.02. The molecule has 3 heteroatoms. The van der Waals surface area contributed by atoms with Gasteiger partial charge < -0.3 is 4.74 Å². The Bertz CT molecular complexity index is 216. The fraction of sp³-hybridized carbons (Fsp3) is 0.500. The molecule has 0 aliphatic rings. The van der Waals surface area contributed by atoms with Gasteiger partial charge in [-0.15, -0.1) is 0 Å². The molecule has 0 saturated heterocycles. The highest BCUT2D eigenvalue weighted by Crippen LogP contribution is 1.87. The summed E-state index contributed by atoms with van der Waals surface area (Å²) in [6.07, 6.45) is 0.987. The largest absolute Gasteiger partial charge is 0.456 e. The van der Waals surface area contributed by atoms with Gasteiger partial charge in [-0.05, 0) is 13.3 Å². The Morgan fingerprint density at radius 3 is 2.91 bits per heavy atom. The van der Waals surface area contributed by atoms with Crippen LogP contribution in [0.15, 0.2) is 0 Å².